The molecule has 1 aromatic rings. The van der Waals surface area contributed by atoms with Gasteiger partial charge in [-0.3, -0.25) is 4.79 Å². The molecule has 4 aliphatic rings. The molecule has 3 unspecified atom stereocenters. The number of carbonyl (C=O) groups excluding carboxylic acids is 1. The normalized spacial score (nSPS) is 34.0. The van der Waals surface area contributed by atoms with Gasteiger partial charge in [0, 0.05) is 18.0 Å². The fourth-order valence-electron chi connectivity index (χ4n) is 6.24. The van der Waals surface area contributed by atoms with E-state index in [1.54, 1.807) is 0 Å². The highest BCUT2D eigenvalue weighted by atomic mass is 16.4. The Balaban J connectivity index is 1.40. The van der Waals surface area contributed by atoms with Gasteiger partial charge >= 0.3 is 12.0 Å². The van der Waals surface area contributed by atoms with Gasteiger partial charge in [-0.2, -0.15) is 0 Å². The summed E-state index contributed by atoms with van der Waals surface area (Å²) < 4.78 is 0. The van der Waals surface area contributed by atoms with Crippen LogP contribution >= 0.6 is 0 Å². The third-order valence-corrected chi connectivity index (χ3v) is 6.78. The molecule has 4 N–H and O–H groups in total. The molecule has 0 saturated heterocycles. The Bertz CT molecular complexity index is 721. The molecule has 2 amide bonds. The van der Waals surface area contributed by atoms with E-state index in [1.807, 2.05) is 30.3 Å². The van der Waals surface area contributed by atoms with E-state index in [1.165, 1.54) is 6.42 Å². The first kappa shape index (κ1) is 19.2. The number of hydrogen-bond acceptors (Lipinski definition) is 3. The summed E-state index contributed by atoms with van der Waals surface area (Å²) in [7, 11) is 0. The van der Waals surface area contributed by atoms with E-state index < -0.39 is 11.6 Å². The number of nitrogens with one attached hydrogen (secondary N) is 2. The molecule has 6 heteroatoms. The van der Waals surface area contributed by atoms with E-state index >= 15 is 0 Å². The van der Waals surface area contributed by atoms with E-state index in [4.69, 9.17) is 5.11 Å². The zero-order chi connectivity index (χ0) is 19.8. The van der Waals surface area contributed by atoms with Gasteiger partial charge < -0.3 is 20.8 Å². The van der Waals surface area contributed by atoms with Crippen molar-refractivity contribution >= 4 is 12.0 Å². The second-order valence-corrected chi connectivity index (χ2v) is 9.38. The van der Waals surface area contributed by atoms with Crippen LogP contribution in [0.15, 0.2) is 30.3 Å². The first-order valence-electron chi connectivity index (χ1n) is 10.4. The predicted molar refractivity (Wildman–Crippen MR) is 105 cm³/mol. The average molecular weight is 386 g/mol. The van der Waals surface area contributed by atoms with Crippen LogP contribution < -0.4 is 10.6 Å². The summed E-state index contributed by atoms with van der Waals surface area (Å²) in [5, 5.41) is 26.1. The molecular weight excluding hydrogens is 356 g/mol. The highest BCUT2D eigenvalue weighted by Gasteiger charge is 2.57. The minimum Gasteiger partial charge on any atom is -0.481 e. The molecule has 0 aromatic heterocycles. The van der Waals surface area contributed by atoms with Crippen molar-refractivity contribution in [2.45, 2.75) is 75.0 Å². The molecule has 5 rings (SSSR count). The molecule has 28 heavy (non-hydrogen) atoms. The Kier molecular flexibility index (Phi) is 5.08. The van der Waals surface area contributed by atoms with Gasteiger partial charge in [-0.05, 0) is 68.8 Å². The van der Waals surface area contributed by atoms with Crippen molar-refractivity contribution in [3.63, 3.8) is 0 Å². The SMILES string of the molecule is O=C(O)CCC(Cc1ccccc1)NC(=O)NC12CC3CC(CC(O)(C3)C1)C2. The number of hydrogen-bond donors (Lipinski definition) is 4. The van der Waals surface area contributed by atoms with Crippen molar-refractivity contribution < 1.29 is 19.8 Å². The van der Waals surface area contributed by atoms with Crippen LogP contribution in [0, 0.1) is 11.8 Å². The number of aliphatic hydroxyl groups is 1. The molecule has 4 bridgehead atoms. The van der Waals surface area contributed by atoms with Gasteiger partial charge in [-0.25, -0.2) is 4.79 Å². The smallest absolute Gasteiger partial charge is 0.315 e. The second kappa shape index (κ2) is 7.39. The van der Waals surface area contributed by atoms with Gasteiger partial charge in [0.25, 0.3) is 0 Å². The molecule has 3 atom stereocenters. The second-order valence-electron chi connectivity index (χ2n) is 9.38. The highest BCUT2D eigenvalue weighted by Crippen LogP contribution is 2.57. The first-order chi connectivity index (χ1) is 13.3. The van der Waals surface area contributed by atoms with Gasteiger partial charge in [0.15, 0.2) is 0 Å². The van der Waals surface area contributed by atoms with Crippen LogP contribution in [-0.2, 0) is 11.2 Å². The number of carboxylic acids is 1. The summed E-state index contributed by atoms with van der Waals surface area (Å²) in [5.74, 6) is 0.140. The van der Waals surface area contributed by atoms with Gasteiger partial charge in [-0.15, -0.1) is 0 Å². The lowest BCUT2D eigenvalue weighted by atomic mass is 9.51. The number of urea groups is 1. The van der Waals surface area contributed by atoms with Gasteiger partial charge in [-0.1, -0.05) is 30.3 Å². The molecule has 0 aliphatic heterocycles. The van der Waals surface area contributed by atoms with Crippen LogP contribution in [0.4, 0.5) is 4.79 Å². The fourth-order valence-corrected chi connectivity index (χ4v) is 6.24. The summed E-state index contributed by atoms with van der Waals surface area (Å²) in [6.45, 7) is 0. The van der Waals surface area contributed by atoms with Crippen LogP contribution in [0.3, 0.4) is 0 Å². The molecular formula is C22H30N2O4. The van der Waals surface area contributed by atoms with E-state index in [-0.39, 0.29) is 24.0 Å². The van der Waals surface area contributed by atoms with Crippen LogP contribution in [-0.4, -0.2) is 39.4 Å². The molecule has 0 radical (unpaired) electrons. The zero-order valence-corrected chi connectivity index (χ0v) is 16.2. The monoisotopic (exact) mass is 386 g/mol. The lowest BCUT2D eigenvalue weighted by Gasteiger charge is -2.60. The van der Waals surface area contributed by atoms with E-state index in [0.717, 1.165) is 31.2 Å². The summed E-state index contributed by atoms with van der Waals surface area (Å²) in [6, 6.07) is 9.32. The Morgan fingerprint density at radius 2 is 1.79 bits per heavy atom. The summed E-state index contributed by atoms with van der Waals surface area (Å²) in [5.41, 5.74) is 0.138. The number of amides is 2. The van der Waals surface area contributed by atoms with Crippen molar-refractivity contribution in [2.24, 2.45) is 11.8 Å². The Labute approximate surface area is 165 Å². The third kappa shape index (κ3) is 4.32. The Morgan fingerprint density at radius 1 is 1.11 bits per heavy atom. The third-order valence-electron chi connectivity index (χ3n) is 6.78. The highest BCUT2D eigenvalue weighted by molar-refractivity contribution is 5.75. The van der Waals surface area contributed by atoms with E-state index in [2.05, 4.69) is 10.6 Å². The standard InChI is InChI=1S/C22H30N2O4/c25-19(26)7-6-18(9-15-4-2-1-3-5-15)23-20(27)24-21-10-16-8-17(11-21)13-22(28,12-16)14-21/h1-5,16-18,28H,6-14H2,(H,25,26)(H2,23,24,27). The maximum absolute atomic E-state index is 12.8. The minimum atomic E-state index is -0.858. The maximum atomic E-state index is 12.8. The first-order valence-corrected chi connectivity index (χ1v) is 10.4. The fraction of sp³-hybridized carbons (Fsp3) is 0.636. The van der Waals surface area contributed by atoms with Crippen LogP contribution in [0.2, 0.25) is 0 Å². The molecule has 6 nitrogen and oxygen atoms in total. The number of benzene rings is 1. The van der Waals surface area contributed by atoms with E-state index in [9.17, 15) is 14.7 Å². The van der Waals surface area contributed by atoms with Crippen molar-refractivity contribution in [3.05, 3.63) is 35.9 Å². The number of carboxylic acid groups (broad SMARTS) is 1. The minimum absolute atomic E-state index is 0.0207. The molecule has 0 spiro atoms. The molecule has 4 aliphatic carbocycles. The maximum Gasteiger partial charge on any atom is 0.315 e. The number of carbonyl (C=O) groups is 2. The summed E-state index contributed by atoms with van der Waals surface area (Å²) in [6.07, 6.45) is 6.43. The predicted octanol–water partition coefficient (Wildman–Crippen LogP) is 2.85. The van der Waals surface area contributed by atoms with Gasteiger partial charge in [0.1, 0.15) is 0 Å². The van der Waals surface area contributed by atoms with Crippen LogP contribution in [0.5, 0.6) is 0 Å². The quantitative estimate of drug-likeness (QED) is 0.579. The van der Waals surface area contributed by atoms with E-state index in [0.29, 0.717) is 31.1 Å². The Morgan fingerprint density at radius 3 is 2.39 bits per heavy atom. The molecule has 4 saturated carbocycles. The topological polar surface area (TPSA) is 98.7 Å². The average Bonchev–Trinajstić information content (AvgIpc) is 2.57. The lowest BCUT2D eigenvalue weighted by Crippen LogP contribution is -2.66. The largest absolute Gasteiger partial charge is 0.481 e. The summed E-state index contributed by atoms with van der Waals surface area (Å²) in [4.78, 5) is 23.8. The van der Waals surface area contributed by atoms with Gasteiger partial charge in [0.2, 0.25) is 0 Å². The molecule has 0 heterocycles. The lowest BCUT2D eigenvalue weighted by molar-refractivity contribution is -0.139. The number of rotatable bonds is 7. The van der Waals surface area contributed by atoms with Crippen molar-refractivity contribution in [1.29, 1.82) is 0 Å². The van der Waals surface area contributed by atoms with Crippen LogP contribution in [0.25, 0.3) is 0 Å². The molecule has 1 aromatic carbocycles. The summed E-state index contributed by atoms with van der Waals surface area (Å²) >= 11 is 0. The van der Waals surface area contributed by atoms with Gasteiger partial charge in [0.05, 0.1) is 5.60 Å². The zero-order valence-electron chi connectivity index (χ0n) is 16.2. The molecule has 152 valence electrons. The molecule has 4 fully saturated rings. The number of aliphatic carboxylic acids is 1. The van der Waals surface area contributed by atoms with Crippen molar-refractivity contribution in [1.82, 2.24) is 10.6 Å². The van der Waals surface area contributed by atoms with Crippen molar-refractivity contribution in [2.75, 3.05) is 0 Å². The Hall–Kier alpha value is -2.08. The van der Waals surface area contributed by atoms with Crippen LogP contribution in [0.1, 0.15) is 56.9 Å². The van der Waals surface area contributed by atoms with Crippen molar-refractivity contribution in [3.8, 4) is 0 Å².